The molecule has 2 aliphatic heterocycles. The molecular weight excluding hydrogens is 414 g/mol. The molecule has 4 bridgehead atoms. The second-order valence-corrected chi connectivity index (χ2v) is 11.9. The third-order valence-electron chi connectivity index (χ3n) is 9.92. The van der Waals surface area contributed by atoms with Gasteiger partial charge < -0.3 is 9.47 Å². The summed E-state index contributed by atoms with van der Waals surface area (Å²) < 4.78 is 12.9. The number of nitrogens with zero attached hydrogens (tertiary/aromatic N) is 1. The molecule has 5 aliphatic carbocycles. The Kier molecular flexibility index (Phi) is 5.27. The van der Waals surface area contributed by atoms with Crippen LogP contribution in [0, 0.1) is 23.7 Å². The third-order valence-corrected chi connectivity index (χ3v) is 9.92. The summed E-state index contributed by atoms with van der Waals surface area (Å²) in [5.41, 5.74) is 1.42. The molecule has 5 heteroatoms. The molecule has 0 radical (unpaired) electrons. The fraction of sp³-hybridized carbons (Fsp3) is 0.786. The van der Waals surface area contributed by atoms with E-state index in [0.717, 1.165) is 56.4 Å². The maximum absolute atomic E-state index is 6.88. The van der Waals surface area contributed by atoms with E-state index in [4.69, 9.17) is 19.2 Å². The molecule has 1 aromatic rings. The molecule has 5 saturated carbocycles. The van der Waals surface area contributed by atoms with E-state index in [1.165, 1.54) is 63.6 Å². The normalized spacial score (nSPS) is 44.3. The summed E-state index contributed by atoms with van der Waals surface area (Å²) in [7, 11) is 0. The van der Waals surface area contributed by atoms with Gasteiger partial charge in [0.15, 0.2) is 0 Å². The summed E-state index contributed by atoms with van der Waals surface area (Å²) >= 11 is 0. The van der Waals surface area contributed by atoms with Gasteiger partial charge in [0.25, 0.3) is 0 Å². The van der Waals surface area contributed by atoms with Crippen LogP contribution in [-0.2, 0) is 14.5 Å². The molecule has 0 unspecified atom stereocenters. The van der Waals surface area contributed by atoms with Gasteiger partial charge in [0.1, 0.15) is 12.4 Å². The SMILES string of the molecule is c1cc([C@H]2CC[C@]3(CC2)OO[C@]2(O3)C3CC4CC(C3)CC2C4)ccc1OCCN1CCCC1. The average Bonchev–Trinajstić information content (AvgIpc) is 3.48. The lowest BCUT2D eigenvalue weighted by Crippen LogP contribution is -2.59. The van der Waals surface area contributed by atoms with Crippen molar-refractivity contribution in [3.05, 3.63) is 29.8 Å². The minimum atomic E-state index is -0.509. The zero-order valence-electron chi connectivity index (χ0n) is 19.9. The van der Waals surface area contributed by atoms with E-state index in [1.807, 2.05) is 0 Å². The standard InChI is InChI=1S/C28H39NO4/c1-2-12-29(11-1)13-14-30-26-5-3-22(4-6-26)23-7-9-27(10-8-23)31-28(33-32-27)24-16-20-15-21(18-24)19-25(28)17-20/h3-6,20-21,23-25H,1-2,7-19H2/t20?,21?,23-,24?,25?,27+,28-. The van der Waals surface area contributed by atoms with Gasteiger partial charge in [-0.25, -0.2) is 0 Å². The fourth-order valence-electron chi connectivity index (χ4n) is 8.32. The molecule has 5 nitrogen and oxygen atoms in total. The van der Waals surface area contributed by atoms with Gasteiger partial charge in [0.05, 0.1) is 0 Å². The molecule has 7 aliphatic rings. The van der Waals surface area contributed by atoms with Crippen molar-refractivity contribution in [2.45, 2.75) is 88.1 Å². The van der Waals surface area contributed by atoms with Crippen molar-refractivity contribution in [3.8, 4) is 5.75 Å². The summed E-state index contributed by atoms with van der Waals surface area (Å²) in [5.74, 6) is 3.52. The van der Waals surface area contributed by atoms with E-state index in [9.17, 15) is 0 Å². The maximum Gasteiger partial charge on any atom is 0.210 e. The zero-order chi connectivity index (χ0) is 21.9. The van der Waals surface area contributed by atoms with E-state index >= 15 is 0 Å². The summed E-state index contributed by atoms with van der Waals surface area (Å²) in [5, 5.41) is 0. The van der Waals surface area contributed by atoms with Crippen molar-refractivity contribution in [1.82, 2.24) is 4.90 Å². The molecule has 8 rings (SSSR count). The lowest BCUT2D eigenvalue weighted by Gasteiger charge is -2.57. The largest absolute Gasteiger partial charge is 0.492 e. The Hall–Kier alpha value is -1.14. The molecule has 0 amide bonds. The molecule has 2 saturated heterocycles. The first-order valence-electron chi connectivity index (χ1n) is 13.7. The molecule has 2 spiro atoms. The van der Waals surface area contributed by atoms with Gasteiger partial charge in [-0.2, -0.15) is 9.78 Å². The number of hydrogen-bond acceptors (Lipinski definition) is 5. The van der Waals surface area contributed by atoms with Gasteiger partial charge in [-0.15, -0.1) is 0 Å². The summed E-state index contributed by atoms with van der Waals surface area (Å²) in [6.07, 6.45) is 13.3. The van der Waals surface area contributed by atoms with Gasteiger partial charge in [0.2, 0.25) is 11.6 Å². The van der Waals surface area contributed by atoms with Crippen LogP contribution in [0.3, 0.4) is 0 Å². The average molecular weight is 454 g/mol. The van der Waals surface area contributed by atoms with Crippen molar-refractivity contribution in [3.63, 3.8) is 0 Å². The second kappa shape index (κ2) is 8.22. The first kappa shape index (κ1) is 21.2. The van der Waals surface area contributed by atoms with E-state index < -0.39 is 11.6 Å². The Morgan fingerprint density at radius 1 is 0.848 bits per heavy atom. The Morgan fingerprint density at radius 2 is 1.52 bits per heavy atom. The molecular formula is C28H39NO4. The van der Waals surface area contributed by atoms with Crippen LogP contribution in [0.5, 0.6) is 5.75 Å². The number of ether oxygens (including phenoxy) is 2. The molecule has 180 valence electrons. The lowest BCUT2D eigenvalue weighted by molar-refractivity contribution is -0.390. The van der Waals surface area contributed by atoms with Crippen LogP contribution in [0.15, 0.2) is 24.3 Å². The highest BCUT2D eigenvalue weighted by Crippen LogP contribution is 2.64. The smallest absolute Gasteiger partial charge is 0.210 e. The van der Waals surface area contributed by atoms with Crippen LogP contribution in [0.1, 0.15) is 82.1 Å². The number of hydrogen-bond donors (Lipinski definition) is 0. The highest BCUT2D eigenvalue weighted by atomic mass is 17.3. The molecule has 0 atom stereocenters. The van der Waals surface area contributed by atoms with Crippen LogP contribution < -0.4 is 4.74 Å². The van der Waals surface area contributed by atoms with Crippen LogP contribution in [-0.4, -0.2) is 42.7 Å². The minimum Gasteiger partial charge on any atom is -0.492 e. The van der Waals surface area contributed by atoms with Gasteiger partial charge in [-0.05, 0) is 106 Å². The van der Waals surface area contributed by atoms with Crippen molar-refractivity contribution >= 4 is 0 Å². The van der Waals surface area contributed by atoms with E-state index in [-0.39, 0.29) is 0 Å². The summed E-state index contributed by atoms with van der Waals surface area (Å²) in [6.45, 7) is 4.28. The van der Waals surface area contributed by atoms with E-state index in [0.29, 0.717) is 17.8 Å². The van der Waals surface area contributed by atoms with Gasteiger partial charge in [-0.3, -0.25) is 4.90 Å². The Bertz CT molecular complexity index is 812. The van der Waals surface area contributed by atoms with Crippen molar-refractivity contribution in [2.24, 2.45) is 23.7 Å². The van der Waals surface area contributed by atoms with Crippen LogP contribution in [0.25, 0.3) is 0 Å². The fourth-order valence-corrected chi connectivity index (χ4v) is 8.32. The summed E-state index contributed by atoms with van der Waals surface area (Å²) in [6, 6.07) is 8.83. The van der Waals surface area contributed by atoms with Crippen LogP contribution in [0.2, 0.25) is 0 Å². The Labute approximate surface area is 198 Å². The van der Waals surface area contributed by atoms with Gasteiger partial charge in [0, 0.05) is 31.2 Å². The molecule has 2 heterocycles. The second-order valence-electron chi connectivity index (χ2n) is 11.9. The number of likely N-dealkylation sites (tertiary alicyclic amines) is 1. The maximum atomic E-state index is 6.88. The first-order chi connectivity index (χ1) is 16.2. The highest BCUT2D eigenvalue weighted by Gasteiger charge is 2.66. The summed E-state index contributed by atoms with van der Waals surface area (Å²) in [4.78, 5) is 14.8. The first-order valence-corrected chi connectivity index (χ1v) is 13.7. The van der Waals surface area contributed by atoms with Crippen molar-refractivity contribution < 1.29 is 19.2 Å². The van der Waals surface area contributed by atoms with Gasteiger partial charge in [-0.1, -0.05) is 12.1 Å². The third kappa shape index (κ3) is 3.74. The van der Waals surface area contributed by atoms with Crippen LogP contribution in [0.4, 0.5) is 0 Å². The number of rotatable bonds is 5. The van der Waals surface area contributed by atoms with E-state index in [2.05, 4.69) is 29.2 Å². The van der Waals surface area contributed by atoms with E-state index in [1.54, 1.807) is 0 Å². The van der Waals surface area contributed by atoms with Gasteiger partial charge >= 0.3 is 0 Å². The van der Waals surface area contributed by atoms with Crippen LogP contribution >= 0.6 is 0 Å². The van der Waals surface area contributed by atoms with Crippen molar-refractivity contribution in [2.75, 3.05) is 26.2 Å². The number of benzene rings is 1. The molecule has 0 aromatic heterocycles. The van der Waals surface area contributed by atoms with Crippen molar-refractivity contribution in [1.29, 1.82) is 0 Å². The monoisotopic (exact) mass is 453 g/mol. The topological polar surface area (TPSA) is 40.2 Å². The molecule has 1 aromatic carbocycles. The molecule has 0 N–H and O–H groups in total. The molecule has 7 fully saturated rings. The quantitative estimate of drug-likeness (QED) is 0.539. The minimum absolute atomic E-state index is 0.436. The highest BCUT2D eigenvalue weighted by molar-refractivity contribution is 5.30. The lowest BCUT2D eigenvalue weighted by atomic mass is 9.53. The molecule has 33 heavy (non-hydrogen) atoms. The zero-order valence-corrected chi connectivity index (χ0v) is 19.9. The predicted molar refractivity (Wildman–Crippen MR) is 125 cm³/mol. The predicted octanol–water partition coefficient (Wildman–Crippen LogP) is 5.65. The Morgan fingerprint density at radius 3 is 2.18 bits per heavy atom. The Balaban J connectivity index is 0.943.